The van der Waals surface area contributed by atoms with Gasteiger partial charge in [-0.3, -0.25) is 0 Å². The van der Waals surface area contributed by atoms with Crippen molar-refractivity contribution < 1.29 is 19.4 Å². The maximum Gasteiger partial charge on any atom is 0.408 e. The summed E-state index contributed by atoms with van der Waals surface area (Å²) in [6.07, 6.45) is 0.213. The van der Waals surface area contributed by atoms with E-state index in [2.05, 4.69) is 5.32 Å². The molecule has 1 rings (SSSR count). The van der Waals surface area contributed by atoms with Gasteiger partial charge in [-0.25, -0.2) is 9.59 Å². The molecule has 0 aliphatic carbocycles. The highest BCUT2D eigenvalue weighted by Gasteiger charge is 2.42. The van der Waals surface area contributed by atoms with Crippen LogP contribution in [0.25, 0.3) is 0 Å². The van der Waals surface area contributed by atoms with E-state index in [1.807, 2.05) is 0 Å². The number of aliphatic carboxylic acids is 1. The molecule has 2 N–H and O–H groups in total. The van der Waals surface area contributed by atoms with E-state index < -0.39 is 23.2 Å². The second-order valence-corrected chi connectivity index (χ2v) is 6.35. The second kappa shape index (κ2) is 5.16. The maximum atomic E-state index is 11.6. The molecule has 0 spiro atoms. The van der Waals surface area contributed by atoms with E-state index in [9.17, 15) is 14.7 Å². The van der Waals surface area contributed by atoms with Crippen LogP contribution in [0.3, 0.4) is 0 Å². The van der Waals surface area contributed by atoms with Crippen LogP contribution in [-0.2, 0) is 9.53 Å². The van der Waals surface area contributed by atoms with Crippen molar-refractivity contribution in [1.29, 1.82) is 0 Å². The third-order valence-corrected chi connectivity index (χ3v) is 3.48. The Balaban J connectivity index is 2.67. The first-order chi connectivity index (χ1) is 7.75. The van der Waals surface area contributed by atoms with Gasteiger partial charge in [0.2, 0.25) is 0 Å². The van der Waals surface area contributed by atoms with Crippen LogP contribution in [-0.4, -0.2) is 39.8 Å². The number of carbonyl (C=O) groups excluding carboxylic acids is 1. The summed E-state index contributed by atoms with van der Waals surface area (Å²) in [5.74, 6) is 0.494. The van der Waals surface area contributed by atoms with Crippen molar-refractivity contribution in [3.63, 3.8) is 0 Å². The average molecular weight is 261 g/mol. The lowest BCUT2D eigenvalue weighted by Crippen LogP contribution is -2.57. The van der Waals surface area contributed by atoms with E-state index in [1.165, 1.54) is 0 Å². The number of amides is 1. The standard InChI is InChI=1S/C11H19NO4S/c1-10(2,3)16-9(15)12-11(8(13)14)4-6-17-7-5-11/h4-7H2,1-3H3,(H,12,15)(H,13,14). The van der Waals surface area contributed by atoms with Gasteiger partial charge in [0.15, 0.2) is 0 Å². The Hall–Kier alpha value is -0.910. The van der Waals surface area contributed by atoms with Crippen LogP contribution in [0.15, 0.2) is 0 Å². The highest BCUT2D eigenvalue weighted by Crippen LogP contribution is 2.27. The maximum absolute atomic E-state index is 11.6. The van der Waals surface area contributed by atoms with Gasteiger partial charge < -0.3 is 15.2 Å². The van der Waals surface area contributed by atoms with E-state index in [0.717, 1.165) is 11.5 Å². The summed E-state index contributed by atoms with van der Waals surface area (Å²) in [5.41, 5.74) is -1.78. The molecule has 0 aromatic carbocycles. The molecule has 0 aromatic heterocycles. The van der Waals surface area contributed by atoms with Gasteiger partial charge in [-0.1, -0.05) is 0 Å². The number of hydrogen-bond donors (Lipinski definition) is 2. The lowest BCUT2D eigenvalue weighted by atomic mass is 9.92. The third-order valence-electron chi connectivity index (χ3n) is 2.50. The van der Waals surface area contributed by atoms with Gasteiger partial charge in [-0.15, -0.1) is 0 Å². The molecule has 1 fully saturated rings. The van der Waals surface area contributed by atoms with E-state index >= 15 is 0 Å². The summed E-state index contributed by atoms with van der Waals surface area (Å²) in [7, 11) is 0. The lowest BCUT2D eigenvalue weighted by molar-refractivity contribution is -0.145. The molecule has 98 valence electrons. The first-order valence-electron chi connectivity index (χ1n) is 5.57. The normalized spacial score (nSPS) is 19.5. The molecule has 0 aromatic rings. The molecule has 1 saturated heterocycles. The number of carboxylic acid groups (broad SMARTS) is 1. The van der Waals surface area contributed by atoms with Gasteiger partial charge >= 0.3 is 12.1 Å². The van der Waals surface area contributed by atoms with E-state index in [-0.39, 0.29) is 0 Å². The quantitative estimate of drug-likeness (QED) is 0.793. The van der Waals surface area contributed by atoms with Crippen LogP contribution < -0.4 is 5.32 Å². The largest absolute Gasteiger partial charge is 0.480 e. The van der Waals surface area contributed by atoms with Gasteiger partial charge in [0.1, 0.15) is 11.1 Å². The van der Waals surface area contributed by atoms with Crippen LogP contribution >= 0.6 is 11.8 Å². The van der Waals surface area contributed by atoms with Crippen molar-refractivity contribution in [3.8, 4) is 0 Å². The Morgan fingerprint density at radius 2 is 1.82 bits per heavy atom. The summed E-state index contributed by atoms with van der Waals surface area (Å²) < 4.78 is 5.10. The summed E-state index contributed by atoms with van der Waals surface area (Å²) in [6.45, 7) is 5.24. The molecule has 1 aliphatic heterocycles. The molecule has 0 unspecified atom stereocenters. The summed E-state index contributed by atoms with van der Waals surface area (Å²) in [4.78, 5) is 22.9. The molecule has 1 amide bonds. The fourth-order valence-electron chi connectivity index (χ4n) is 1.61. The van der Waals surface area contributed by atoms with Gasteiger partial charge in [0.05, 0.1) is 0 Å². The fraction of sp³-hybridized carbons (Fsp3) is 0.818. The summed E-state index contributed by atoms with van der Waals surface area (Å²) >= 11 is 1.70. The van der Waals surface area contributed by atoms with Crippen LogP contribution in [0, 0.1) is 0 Å². The highest BCUT2D eigenvalue weighted by molar-refractivity contribution is 7.99. The smallest absolute Gasteiger partial charge is 0.408 e. The van der Waals surface area contributed by atoms with Gasteiger partial charge in [-0.2, -0.15) is 11.8 Å². The Kier molecular flexibility index (Phi) is 4.30. The second-order valence-electron chi connectivity index (χ2n) is 5.13. The SMILES string of the molecule is CC(C)(C)OC(=O)NC1(C(=O)O)CCSCC1. The molecular formula is C11H19NO4S. The summed E-state index contributed by atoms with van der Waals surface area (Å²) in [6, 6.07) is 0. The van der Waals surface area contributed by atoms with Gasteiger partial charge in [-0.05, 0) is 45.1 Å². The summed E-state index contributed by atoms with van der Waals surface area (Å²) in [5, 5.41) is 11.8. The predicted molar refractivity (Wildman–Crippen MR) is 66.3 cm³/mol. The molecule has 0 radical (unpaired) electrons. The van der Waals surface area contributed by atoms with Crippen LogP contribution in [0.4, 0.5) is 4.79 Å². The molecular weight excluding hydrogens is 242 g/mol. The van der Waals surface area contributed by atoms with Crippen LogP contribution in [0.5, 0.6) is 0 Å². The third kappa shape index (κ3) is 4.11. The zero-order valence-electron chi connectivity index (χ0n) is 10.4. The van der Waals surface area contributed by atoms with Crippen molar-refractivity contribution in [2.24, 2.45) is 0 Å². The zero-order chi connectivity index (χ0) is 13.1. The number of thioether (sulfide) groups is 1. The molecule has 0 atom stereocenters. The molecule has 0 saturated carbocycles. The molecule has 0 bridgehead atoms. The lowest BCUT2D eigenvalue weighted by Gasteiger charge is -2.34. The van der Waals surface area contributed by atoms with Crippen molar-refractivity contribution in [2.75, 3.05) is 11.5 Å². The topological polar surface area (TPSA) is 75.6 Å². The Labute approximate surface area is 105 Å². The van der Waals surface area contributed by atoms with Crippen LogP contribution in [0.2, 0.25) is 0 Å². The van der Waals surface area contributed by atoms with Crippen molar-refractivity contribution in [2.45, 2.75) is 44.8 Å². The predicted octanol–water partition coefficient (Wildman–Crippen LogP) is 1.86. The number of carbonyl (C=O) groups is 2. The molecule has 1 aliphatic rings. The number of alkyl carbamates (subject to hydrolysis) is 1. The Morgan fingerprint density at radius 3 is 2.24 bits per heavy atom. The van der Waals surface area contributed by atoms with Gasteiger partial charge in [0.25, 0.3) is 0 Å². The van der Waals surface area contributed by atoms with Crippen molar-refractivity contribution in [1.82, 2.24) is 5.32 Å². The van der Waals surface area contributed by atoms with Crippen LogP contribution in [0.1, 0.15) is 33.6 Å². The van der Waals surface area contributed by atoms with E-state index in [1.54, 1.807) is 32.5 Å². The first kappa shape index (κ1) is 14.2. The molecule has 1 heterocycles. The van der Waals surface area contributed by atoms with E-state index in [4.69, 9.17) is 4.74 Å². The number of hydrogen-bond acceptors (Lipinski definition) is 4. The number of carboxylic acids is 1. The average Bonchev–Trinajstić information content (AvgIpc) is 2.15. The fourth-order valence-corrected chi connectivity index (χ4v) is 2.80. The van der Waals surface area contributed by atoms with Crippen molar-refractivity contribution >= 4 is 23.8 Å². The molecule has 6 heteroatoms. The minimum atomic E-state index is -1.16. The monoisotopic (exact) mass is 261 g/mol. The minimum absolute atomic E-state index is 0.437. The number of rotatable bonds is 2. The van der Waals surface area contributed by atoms with E-state index in [0.29, 0.717) is 12.8 Å². The van der Waals surface area contributed by atoms with Crippen molar-refractivity contribution in [3.05, 3.63) is 0 Å². The number of ether oxygens (including phenoxy) is 1. The Bertz CT molecular complexity index is 305. The zero-order valence-corrected chi connectivity index (χ0v) is 11.2. The highest BCUT2D eigenvalue weighted by atomic mass is 32.2. The number of nitrogens with one attached hydrogen (secondary N) is 1. The van der Waals surface area contributed by atoms with Gasteiger partial charge in [0, 0.05) is 0 Å². The first-order valence-corrected chi connectivity index (χ1v) is 6.73. The minimum Gasteiger partial charge on any atom is -0.480 e. The molecule has 17 heavy (non-hydrogen) atoms. The molecule has 5 nitrogen and oxygen atoms in total. The Morgan fingerprint density at radius 1 is 1.29 bits per heavy atom.